The first-order valence-electron chi connectivity index (χ1n) is 6.06. The lowest BCUT2D eigenvalue weighted by molar-refractivity contribution is -0.384. The standard InChI is InChI=1S/C13H12N4O2/c18-17(19)11-4-6-15-13(8-11)16-10-3-5-14-12(7-10)9-1-2-9/h3-9H,1-2H2,(H,14,15,16). The first-order valence-corrected chi connectivity index (χ1v) is 6.06. The first kappa shape index (κ1) is 11.6. The van der Waals surface area contributed by atoms with Crippen molar-refractivity contribution in [3.8, 4) is 0 Å². The molecular weight excluding hydrogens is 244 g/mol. The van der Waals surface area contributed by atoms with Gasteiger partial charge in [-0.15, -0.1) is 0 Å². The number of hydrogen-bond donors (Lipinski definition) is 1. The lowest BCUT2D eigenvalue weighted by Gasteiger charge is -2.06. The van der Waals surface area contributed by atoms with Crippen molar-refractivity contribution >= 4 is 17.2 Å². The van der Waals surface area contributed by atoms with Gasteiger partial charge in [0.1, 0.15) is 5.82 Å². The van der Waals surface area contributed by atoms with E-state index >= 15 is 0 Å². The largest absolute Gasteiger partial charge is 0.340 e. The smallest absolute Gasteiger partial charge is 0.274 e. The monoisotopic (exact) mass is 256 g/mol. The molecule has 0 radical (unpaired) electrons. The number of anilines is 2. The van der Waals surface area contributed by atoms with Crippen molar-refractivity contribution in [1.29, 1.82) is 0 Å². The zero-order valence-corrected chi connectivity index (χ0v) is 10.1. The molecule has 2 aromatic rings. The lowest BCUT2D eigenvalue weighted by Crippen LogP contribution is -1.97. The van der Waals surface area contributed by atoms with E-state index in [9.17, 15) is 10.1 Å². The maximum atomic E-state index is 10.7. The number of pyridine rings is 2. The normalized spacial score (nSPS) is 14.1. The minimum Gasteiger partial charge on any atom is -0.340 e. The Bertz CT molecular complexity index is 626. The third kappa shape index (κ3) is 2.67. The van der Waals surface area contributed by atoms with Gasteiger partial charge in [-0.25, -0.2) is 4.98 Å². The second kappa shape index (κ2) is 4.64. The van der Waals surface area contributed by atoms with Gasteiger partial charge in [-0.1, -0.05) is 0 Å². The molecule has 0 aromatic carbocycles. The fourth-order valence-corrected chi connectivity index (χ4v) is 1.88. The van der Waals surface area contributed by atoms with Crippen LogP contribution in [0.3, 0.4) is 0 Å². The van der Waals surface area contributed by atoms with Gasteiger partial charge in [-0.2, -0.15) is 0 Å². The molecule has 3 rings (SSSR count). The van der Waals surface area contributed by atoms with Crippen LogP contribution in [-0.2, 0) is 0 Å². The Morgan fingerprint density at radius 1 is 1.21 bits per heavy atom. The Morgan fingerprint density at radius 2 is 2.00 bits per heavy atom. The molecule has 6 nitrogen and oxygen atoms in total. The Balaban J connectivity index is 1.82. The molecule has 1 fully saturated rings. The Morgan fingerprint density at radius 3 is 2.74 bits per heavy atom. The molecule has 0 unspecified atom stereocenters. The molecule has 96 valence electrons. The van der Waals surface area contributed by atoms with Crippen LogP contribution in [0.2, 0.25) is 0 Å². The molecule has 19 heavy (non-hydrogen) atoms. The zero-order valence-electron chi connectivity index (χ0n) is 10.1. The molecule has 2 heterocycles. The summed E-state index contributed by atoms with van der Waals surface area (Å²) in [5.74, 6) is 1.03. The highest BCUT2D eigenvalue weighted by atomic mass is 16.6. The highest BCUT2D eigenvalue weighted by Gasteiger charge is 2.24. The molecule has 1 aliphatic rings. The summed E-state index contributed by atoms with van der Waals surface area (Å²) in [6.45, 7) is 0. The summed E-state index contributed by atoms with van der Waals surface area (Å²) in [5, 5.41) is 13.8. The van der Waals surface area contributed by atoms with Gasteiger partial charge >= 0.3 is 0 Å². The Labute approximate surface area is 109 Å². The predicted molar refractivity (Wildman–Crippen MR) is 70.4 cm³/mol. The van der Waals surface area contributed by atoms with Crippen LogP contribution < -0.4 is 5.32 Å². The van der Waals surface area contributed by atoms with Gasteiger partial charge in [0.05, 0.1) is 11.0 Å². The molecular formula is C13H12N4O2. The van der Waals surface area contributed by atoms with Gasteiger partial charge in [0.15, 0.2) is 0 Å². The average molecular weight is 256 g/mol. The van der Waals surface area contributed by atoms with Crippen LogP contribution in [0.4, 0.5) is 17.2 Å². The number of hydrogen-bond acceptors (Lipinski definition) is 5. The van der Waals surface area contributed by atoms with E-state index in [0.717, 1.165) is 11.4 Å². The predicted octanol–water partition coefficient (Wildman–Crippen LogP) is 3.01. The summed E-state index contributed by atoms with van der Waals surface area (Å²) in [7, 11) is 0. The molecule has 1 saturated carbocycles. The minimum atomic E-state index is -0.435. The van der Waals surface area contributed by atoms with Gasteiger partial charge < -0.3 is 5.32 Å². The van der Waals surface area contributed by atoms with E-state index in [0.29, 0.717) is 11.7 Å². The zero-order chi connectivity index (χ0) is 13.2. The number of aromatic nitrogens is 2. The third-order valence-electron chi connectivity index (χ3n) is 3.00. The van der Waals surface area contributed by atoms with Crippen molar-refractivity contribution in [2.45, 2.75) is 18.8 Å². The highest BCUT2D eigenvalue weighted by Crippen LogP contribution is 2.39. The van der Waals surface area contributed by atoms with Gasteiger partial charge in [-0.05, 0) is 25.0 Å². The maximum Gasteiger partial charge on any atom is 0.274 e. The molecule has 0 saturated heterocycles. The second-order valence-corrected chi connectivity index (χ2v) is 4.53. The van der Waals surface area contributed by atoms with Crippen molar-refractivity contribution in [1.82, 2.24) is 9.97 Å². The van der Waals surface area contributed by atoms with Crippen LogP contribution in [0.25, 0.3) is 0 Å². The topological polar surface area (TPSA) is 81.0 Å². The summed E-state index contributed by atoms with van der Waals surface area (Å²) < 4.78 is 0. The molecule has 1 N–H and O–H groups in total. The van der Waals surface area contributed by atoms with E-state index in [2.05, 4.69) is 15.3 Å². The number of nitrogens with zero attached hydrogens (tertiary/aromatic N) is 3. The number of nitro groups is 1. The van der Waals surface area contributed by atoms with E-state index in [1.807, 2.05) is 12.1 Å². The molecule has 0 bridgehead atoms. The summed E-state index contributed by atoms with van der Waals surface area (Å²) in [6, 6.07) is 6.58. The molecule has 0 atom stereocenters. The van der Waals surface area contributed by atoms with E-state index in [4.69, 9.17) is 0 Å². The molecule has 2 aromatic heterocycles. The molecule has 6 heteroatoms. The van der Waals surface area contributed by atoms with Gasteiger partial charge in [0.25, 0.3) is 5.69 Å². The Hall–Kier alpha value is -2.50. The van der Waals surface area contributed by atoms with Crippen LogP contribution in [0.5, 0.6) is 0 Å². The van der Waals surface area contributed by atoms with Crippen LogP contribution >= 0.6 is 0 Å². The quantitative estimate of drug-likeness (QED) is 0.671. The summed E-state index contributed by atoms with van der Waals surface area (Å²) >= 11 is 0. The minimum absolute atomic E-state index is 0.0222. The van der Waals surface area contributed by atoms with Crippen LogP contribution in [-0.4, -0.2) is 14.9 Å². The van der Waals surface area contributed by atoms with Gasteiger partial charge in [0, 0.05) is 35.8 Å². The second-order valence-electron chi connectivity index (χ2n) is 4.53. The van der Waals surface area contributed by atoms with E-state index in [1.54, 1.807) is 6.20 Å². The van der Waals surface area contributed by atoms with Gasteiger partial charge in [-0.3, -0.25) is 15.1 Å². The Kier molecular flexibility index (Phi) is 2.83. The fourth-order valence-electron chi connectivity index (χ4n) is 1.88. The lowest BCUT2D eigenvalue weighted by atomic mass is 10.2. The van der Waals surface area contributed by atoms with Crippen LogP contribution in [0.1, 0.15) is 24.5 Å². The molecule has 0 amide bonds. The summed E-state index contributed by atoms with van der Waals surface area (Å²) in [6.07, 6.45) is 5.54. The van der Waals surface area contributed by atoms with E-state index in [1.165, 1.54) is 31.2 Å². The molecule has 0 spiro atoms. The molecule has 0 aliphatic heterocycles. The van der Waals surface area contributed by atoms with Crippen molar-refractivity contribution in [2.24, 2.45) is 0 Å². The number of nitrogens with one attached hydrogen (secondary N) is 1. The first-order chi connectivity index (χ1) is 9.22. The van der Waals surface area contributed by atoms with Gasteiger partial charge in [0.2, 0.25) is 0 Å². The van der Waals surface area contributed by atoms with Crippen molar-refractivity contribution in [2.75, 3.05) is 5.32 Å². The van der Waals surface area contributed by atoms with Crippen molar-refractivity contribution in [3.05, 3.63) is 52.5 Å². The SMILES string of the molecule is O=[N+]([O-])c1ccnc(Nc2ccnc(C3CC3)c2)c1. The van der Waals surface area contributed by atoms with Crippen LogP contribution in [0.15, 0.2) is 36.7 Å². The third-order valence-corrected chi connectivity index (χ3v) is 3.00. The van der Waals surface area contributed by atoms with E-state index < -0.39 is 4.92 Å². The maximum absolute atomic E-state index is 10.7. The number of rotatable bonds is 4. The fraction of sp³-hybridized carbons (Fsp3) is 0.231. The highest BCUT2D eigenvalue weighted by molar-refractivity contribution is 5.58. The summed E-state index contributed by atoms with van der Waals surface area (Å²) in [4.78, 5) is 18.7. The van der Waals surface area contributed by atoms with Crippen molar-refractivity contribution < 1.29 is 4.92 Å². The van der Waals surface area contributed by atoms with Crippen molar-refractivity contribution in [3.63, 3.8) is 0 Å². The molecule has 1 aliphatic carbocycles. The summed E-state index contributed by atoms with van der Waals surface area (Å²) in [5.41, 5.74) is 1.94. The van der Waals surface area contributed by atoms with Crippen LogP contribution in [0, 0.1) is 10.1 Å². The average Bonchev–Trinajstić information content (AvgIpc) is 3.23. The van der Waals surface area contributed by atoms with E-state index in [-0.39, 0.29) is 5.69 Å².